The molecule has 0 unspecified atom stereocenters. The summed E-state index contributed by atoms with van der Waals surface area (Å²) in [5, 5.41) is 8.36. The molecular weight excluding hydrogens is 630 g/mol. The number of ether oxygens (including phenoxy) is 2. The summed E-state index contributed by atoms with van der Waals surface area (Å²) in [6, 6.07) is 20.4. The maximum atomic E-state index is 14.3. The molecule has 1 aliphatic heterocycles. The van der Waals surface area contributed by atoms with E-state index in [1.807, 2.05) is 71.0 Å². The van der Waals surface area contributed by atoms with Gasteiger partial charge in [0.05, 0.1) is 25.4 Å². The van der Waals surface area contributed by atoms with Crippen molar-refractivity contribution in [2.75, 3.05) is 19.0 Å². The van der Waals surface area contributed by atoms with Gasteiger partial charge in [-0.1, -0.05) is 68.8 Å². The van der Waals surface area contributed by atoms with Crippen molar-refractivity contribution in [2.24, 2.45) is 11.1 Å². The molecule has 252 valence electrons. The Balaban J connectivity index is 1.36. The molecule has 11 heteroatoms. The van der Waals surface area contributed by atoms with Gasteiger partial charge in [-0.3, -0.25) is 14.4 Å². The number of hydrogen-bond acceptors (Lipinski definition) is 7. The minimum atomic E-state index is -0.889. The number of rotatable bonds is 10. The first-order valence-corrected chi connectivity index (χ1v) is 16.2. The number of likely N-dealkylation sites (tertiary alicyclic amines) is 1. The van der Waals surface area contributed by atoms with E-state index in [2.05, 4.69) is 15.6 Å². The molecule has 0 aliphatic carbocycles. The number of benzene rings is 3. The van der Waals surface area contributed by atoms with Crippen LogP contribution in [0.25, 0.3) is 10.8 Å². The van der Waals surface area contributed by atoms with E-state index in [0.29, 0.717) is 33.3 Å². The van der Waals surface area contributed by atoms with Crippen LogP contribution in [0, 0.1) is 5.41 Å². The molecule has 2 heterocycles. The summed E-state index contributed by atoms with van der Waals surface area (Å²) in [7, 11) is 1.56. The molecule has 4 aromatic rings. The number of carbonyl (C=O) groups is 3. The second kappa shape index (κ2) is 13.7. The van der Waals surface area contributed by atoms with Crippen molar-refractivity contribution in [3.8, 4) is 11.6 Å². The Bertz CT molecular complexity index is 1820. The Morgan fingerprint density at radius 3 is 2.38 bits per heavy atom. The van der Waals surface area contributed by atoms with E-state index in [4.69, 9.17) is 26.8 Å². The minimum Gasteiger partial charge on any atom is -0.494 e. The van der Waals surface area contributed by atoms with Crippen LogP contribution in [0.4, 0.5) is 5.69 Å². The number of aromatic nitrogens is 1. The van der Waals surface area contributed by atoms with Gasteiger partial charge in [-0.25, -0.2) is 4.98 Å². The third-order valence-electron chi connectivity index (χ3n) is 8.62. The van der Waals surface area contributed by atoms with Gasteiger partial charge in [0.2, 0.25) is 17.7 Å². The summed E-state index contributed by atoms with van der Waals surface area (Å²) in [5.41, 5.74) is 6.64. The van der Waals surface area contributed by atoms with Gasteiger partial charge >= 0.3 is 0 Å². The van der Waals surface area contributed by atoms with E-state index in [0.717, 1.165) is 10.9 Å². The highest BCUT2D eigenvalue weighted by Gasteiger charge is 2.45. The molecule has 1 aromatic heterocycles. The number of halogens is 1. The number of amides is 3. The third-order valence-corrected chi connectivity index (χ3v) is 8.85. The van der Waals surface area contributed by atoms with E-state index in [1.165, 1.54) is 4.90 Å². The number of hydrogen-bond donors (Lipinski definition) is 3. The van der Waals surface area contributed by atoms with Crippen LogP contribution in [0.1, 0.15) is 57.0 Å². The summed E-state index contributed by atoms with van der Waals surface area (Å²) in [6.45, 7) is 9.81. The Morgan fingerprint density at radius 2 is 1.71 bits per heavy atom. The van der Waals surface area contributed by atoms with Gasteiger partial charge < -0.3 is 30.7 Å². The molecule has 10 nitrogen and oxygen atoms in total. The number of nitrogens with one attached hydrogen (secondary N) is 2. The molecule has 5 rings (SSSR count). The summed E-state index contributed by atoms with van der Waals surface area (Å²) < 4.78 is 11.8. The molecule has 48 heavy (non-hydrogen) atoms. The van der Waals surface area contributed by atoms with Crippen molar-refractivity contribution in [1.29, 1.82) is 0 Å². The minimum absolute atomic E-state index is 0.119. The van der Waals surface area contributed by atoms with Crippen molar-refractivity contribution in [3.63, 3.8) is 0 Å². The standard InChI is InChI=1S/C37H42ClN5O5/c1-36(2,3)31(41-25-14-10-11-22(17-25)33(45)42-37(4,5)23-12-8-7-9-13-23)35(46)43-21-26(19-29(43)32(39)44)48-34-28-18-24(38)15-16-27(28)30(47-6)20-40-34/h7-18,20,26,29,31,41H,19,21H2,1-6H3,(H2,39,44)(H,42,45)/t26-,29+,31-/m1/s1. The summed E-state index contributed by atoms with van der Waals surface area (Å²) in [5.74, 6) is -0.314. The van der Waals surface area contributed by atoms with Crippen molar-refractivity contribution < 1.29 is 23.9 Å². The lowest BCUT2D eigenvalue weighted by molar-refractivity contribution is -0.139. The first-order valence-electron chi connectivity index (χ1n) is 15.8. The topological polar surface area (TPSA) is 136 Å². The predicted octanol–water partition coefficient (Wildman–Crippen LogP) is 5.92. The average Bonchev–Trinajstić information content (AvgIpc) is 3.48. The third kappa shape index (κ3) is 7.49. The normalized spacial score (nSPS) is 17.1. The van der Waals surface area contributed by atoms with Crippen LogP contribution in [-0.4, -0.2) is 59.4 Å². The summed E-state index contributed by atoms with van der Waals surface area (Å²) in [6.07, 6.45) is 1.20. The van der Waals surface area contributed by atoms with Crippen LogP contribution in [0.5, 0.6) is 11.6 Å². The highest BCUT2D eigenvalue weighted by atomic mass is 35.5. The predicted molar refractivity (Wildman–Crippen MR) is 187 cm³/mol. The second-order valence-corrected chi connectivity index (χ2v) is 14.1. The molecular formula is C37H42ClN5O5. The molecule has 0 spiro atoms. The second-order valence-electron chi connectivity index (χ2n) is 13.7. The molecule has 0 saturated carbocycles. The number of carbonyl (C=O) groups excluding carboxylic acids is 3. The van der Waals surface area contributed by atoms with Gasteiger partial charge in [0, 0.05) is 33.5 Å². The van der Waals surface area contributed by atoms with E-state index >= 15 is 0 Å². The molecule has 1 fully saturated rings. The highest BCUT2D eigenvalue weighted by Crippen LogP contribution is 2.35. The number of fused-ring (bicyclic) bond motifs is 1. The van der Waals surface area contributed by atoms with Crippen LogP contribution in [0.2, 0.25) is 5.02 Å². The summed E-state index contributed by atoms with van der Waals surface area (Å²) >= 11 is 6.29. The number of nitrogens with zero attached hydrogens (tertiary/aromatic N) is 2. The number of primary amides is 1. The molecule has 3 atom stereocenters. The monoisotopic (exact) mass is 671 g/mol. The lowest BCUT2D eigenvalue weighted by Crippen LogP contribution is -2.53. The van der Waals surface area contributed by atoms with E-state index in [-0.39, 0.29) is 24.8 Å². The zero-order valence-corrected chi connectivity index (χ0v) is 28.8. The van der Waals surface area contributed by atoms with Crippen molar-refractivity contribution in [2.45, 2.75) is 64.8 Å². The van der Waals surface area contributed by atoms with Gasteiger partial charge in [0.15, 0.2) is 0 Å². The SMILES string of the molecule is COc1cnc(O[C@@H]2C[C@@H](C(N)=O)N(C(=O)[C@@H](Nc3cccc(C(=O)NC(C)(C)c4ccccc4)c3)C(C)(C)C)C2)c2cc(Cl)ccc12. The number of nitrogens with two attached hydrogens (primary N) is 1. The van der Waals surface area contributed by atoms with Crippen LogP contribution in [0.3, 0.4) is 0 Å². The van der Waals surface area contributed by atoms with Crippen molar-refractivity contribution in [3.05, 3.63) is 95.1 Å². The molecule has 4 N–H and O–H groups in total. The zero-order chi connectivity index (χ0) is 34.8. The van der Waals surface area contributed by atoms with Crippen molar-refractivity contribution >= 4 is 45.8 Å². The van der Waals surface area contributed by atoms with Gasteiger partial charge in [-0.15, -0.1) is 0 Å². The fourth-order valence-corrected chi connectivity index (χ4v) is 6.16. The number of methoxy groups -OCH3 is 1. The lowest BCUT2D eigenvalue weighted by Gasteiger charge is -2.35. The van der Waals surface area contributed by atoms with Gasteiger partial charge in [-0.05, 0) is 61.2 Å². The molecule has 0 radical (unpaired) electrons. The van der Waals surface area contributed by atoms with Crippen molar-refractivity contribution in [1.82, 2.24) is 15.2 Å². The first kappa shape index (κ1) is 34.5. The van der Waals surface area contributed by atoms with Gasteiger partial charge in [0.25, 0.3) is 5.91 Å². The first-order chi connectivity index (χ1) is 22.7. The zero-order valence-electron chi connectivity index (χ0n) is 28.0. The maximum Gasteiger partial charge on any atom is 0.252 e. The highest BCUT2D eigenvalue weighted by molar-refractivity contribution is 6.31. The van der Waals surface area contributed by atoms with E-state index in [9.17, 15) is 14.4 Å². The van der Waals surface area contributed by atoms with E-state index in [1.54, 1.807) is 49.7 Å². The quantitative estimate of drug-likeness (QED) is 0.190. The molecule has 1 saturated heterocycles. The van der Waals surface area contributed by atoms with Gasteiger partial charge in [-0.2, -0.15) is 0 Å². The maximum absolute atomic E-state index is 14.3. The molecule has 3 amide bonds. The lowest BCUT2D eigenvalue weighted by atomic mass is 9.85. The Morgan fingerprint density at radius 1 is 0.979 bits per heavy atom. The number of pyridine rings is 1. The number of anilines is 1. The molecule has 0 bridgehead atoms. The van der Waals surface area contributed by atoms with Crippen LogP contribution >= 0.6 is 11.6 Å². The molecule has 3 aromatic carbocycles. The summed E-state index contributed by atoms with van der Waals surface area (Å²) in [4.78, 5) is 46.2. The van der Waals surface area contributed by atoms with Crippen LogP contribution in [-0.2, 0) is 15.1 Å². The van der Waals surface area contributed by atoms with Gasteiger partial charge in [0.1, 0.15) is 23.9 Å². The van der Waals surface area contributed by atoms with Crippen LogP contribution in [0.15, 0.2) is 79.0 Å². The smallest absolute Gasteiger partial charge is 0.252 e. The fraction of sp³-hybridized carbons (Fsp3) is 0.351. The fourth-order valence-electron chi connectivity index (χ4n) is 5.99. The Labute approximate surface area is 285 Å². The van der Waals surface area contributed by atoms with Crippen LogP contribution < -0.4 is 25.8 Å². The van der Waals surface area contributed by atoms with E-state index < -0.39 is 35.0 Å². The Kier molecular flexibility index (Phi) is 9.86. The average molecular weight is 672 g/mol. The molecule has 1 aliphatic rings. The Hall–Kier alpha value is -4.83. The largest absolute Gasteiger partial charge is 0.494 e.